The van der Waals surface area contributed by atoms with Crippen LogP contribution in [0.4, 0.5) is 0 Å². The van der Waals surface area contributed by atoms with Gasteiger partial charge in [-0.2, -0.15) is 0 Å². The molecule has 0 saturated heterocycles. The first-order valence-electron chi connectivity index (χ1n) is 23.6. The third-order valence-corrected chi connectivity index (χ3v) is 8.61. The molecule has 0 spiro atoms. The molecule has 1 heterocycles. The number of benzene rings is 8. The van der Waals surface area contributed by atoms with Gasteiger partial charge in [0, 0.05) is 11.1 Å². The normalized spacial score (nSPS) is 17.9. The average Bonchev–Trinajstić information content (AvgIpc) is 3.31. The van der Waals surface area contributed by atoms with Gasteiger partial charge in [-0.3, -0.25) is 0 Å². The van der Waals surface area contributed by atoms with Gasteiger partial charge in [0.1, 0.15) is 11.5 Å². The smallest absolute Gasteiger partial charge is 0.132 e. The summed E-state index contributed by atoms with van der Waals surface area (Å²) in [6, 6.07) is 12.5. The van der Waals surface area contributed by atoms with Crippen LogP contribution in [0.2, 0.25) is 0 Å². The number of fused-ring (bicyclic) bond motifs is 3. The Kier molecular flexibility index (Phi) is 3.76. The Labute approximate surface area is 305 Å². The van der Waals surface area contributed by atoms with Crippen molar-refractivity contribution in [2.75, 3.05) is 0 Å². The van der Waals surface area contributed by atoms with E-state index in [1.807, 2.05) is 84.9 Å². The van der Waals surface area contributed by atoms with Gasteiger partial charge in [0.15, 0.2) is 0 Å². The Balaban J connectivity index is 1.55. The molecule has 9 rings (SSSR count). The first-order chi connectivity index (χ1) is 30.9. The van der Waals surface area contributed by atoms with Gasteiger partial charge in [0.25, 0.3) is 0 Å². The third-order valence-electron chi connectivity index (χ3n) is 8.61. The van der Waals surface area contributed by atoms with Crippen LogP contribution < -0.4 is 4.74 Å². The molecule has 48 heavy (non-hydrogen) atoms. The minimum atomic E-state index is -3.04. The SMILES string of the molecule is [2H]c1c([2H])c([2H])c(C2(c3c([2H])c([2H])c([2H])c([2H])c3[2H])c3c([2H])c([2H])c([2H])c([2H])c3Oc3c([2H])c(-c4cc(-c5ccccc5)ccc4-c4cccc5ccccc45)c([2H])c([2H])c32)c([2H])c1[2H]. The van der Waals surface area contributed by atoms with Crippen LogP contribution in [0.3, 0.4) is 0 Å². The summed E-state index contributed by atoms with van der Waals surface area (Å²) < 4.78 is 162. The van der Waals surface area contributed by atoms with Crippen LogP contribution in [0, 0.1) is 0 Å². The Morgan fingerprint density at radius 1 is 0.438 bits per heavy atom. The molecule has 0 aromatic heterocycles. The van der Waals surface area contributed by atoms with Crippen molar-refractivity contribution in [3.63, 3.8) is 0 Å². The number of hydrogen-bond donors (Lipinski definition) is 0. The lowest BCUT2D eigenvalue weighted by Crippen LogP contribution is -2.34. The first-order valence-corrected chi connectivity index (χ1v) is 15.1. The number of ether oxygens (including phenoxy) is 1. The van der Waals surface area contributed by atoms with Gasteiger partial charge in [0.2, 0.25) is 0 Å². The number of para-hydroxylation sites is 1. The maximum Gasteiger partial charge on any atom is 0.132 e. The lowest BCUT2D eigenvalue weighted by atomic mass is 9.63. The summed E-state index contributed by atoms with van der Waals surface area (Å²) in [6.07, 6.45) is 0. The molecule has 0 aliphatic carbocycles. The first kappa shape index (κ1) is 15.6. The highest BCUT2D eigenvalue weighted by atomic mass is 16.5. The van der Waals surface area contributed by atoms with Crippen molar-refractivity contribution in [1.82, 2.24) is 0 Å². The van der Waals surface area contributed by atoms with Crippen LogP contribution in [0.15, 0.2) is 194 Å². The van der Waals surface area contributed by atoms with Gasteiger partial charge in [-0.1, -0.05) is 176 Å². The van der Waals surface area contributed by atoms with E-state index in [2.05, 4.69) is 0 Å². The second-order valence-corrected chi connectivity index (χ2v) is 11.2. The van der Waals surface area contributed by atoms with Crippen LogP contribution in [0.5, 0.6) is 11.5 Å². The van der Waals surface area contributed by atoms with Crippen LogP contribution in [0.1, 0.15) is 45.6 Å². The van der Waals surface area contributed by atoms with Crippen LogP contribution >= 0.6 is 0 Å². The fourth-order valence-corrected chi connectivity index (χ4v) is 6.49. The predicted molar refractivity (Wildman–Crippen MR) is 199 cm³/mol. The Bertz CT molecular complexity index is 3220. The zero-order chi connectivity index (χ0) is 46.7. The van der Waals surface area contributed by atoms with Gasteiger partial charge in [-0.15, -0.1) is 0 Å². The second-order valence-electron chi connectivity index (χ2n) is 11.2. The van der Waals surface area contributed by atoms with Gasteiger partial charge < -0.3 is 4.74 Å². The molecule has 1 heteroatoms. The van der Waals surface area contributed by atoms with Crippen molar-refractivity contribution in [1.29, 1.82) is 0 Å². The Hall–Kier alpha value is -6.18. The molecule has 0 bridgehead atoms. The quantitative estimate of drug-likeness (QED) is 0.184. The van der Waals surface area contributed by atoms with Crippen molar-refractivity contribution in [2.24, 2.45) is 0 Å². The number of hydrogen-bond acceptors (Lipinski definition) is 1. The summed E-state index contributed by atoms with van der Waals surface area (Å²) in [6.45, 7) is 0. The summed E-state index contributed by atoms with van der Waals surface area (Å²) in [5.41, 5.74) is -3.54. The summed E-state index contributed by atoms with van der Waals surface area (Å²) in [5, 5.41) is 1.69. The molecule has 8 aromatic rings. The molecule has 0 unspecified atom stereocenters. The average molecular weight is 630 g/mol. The van der Waals surface area contributed by atoms with Gasteiger partial charge >= 0.3 is 0 Å². The highest BCUT2D eigenvalue weighted by Crippen LogP contribution is 2.56. The van der Waals surface area contributed by atoms with E-state index in [1.54, 1.807) is 6.07 Å². The summed E-state index contributed by atoms with van der Waals surface area (Å²) in [4.78, 5) is 0. The monoisotopic (exact) mass is 629 g/mol. The predicted octanol–water partition coefficient (Wildman–Crippen LogP) is 12.3. The van der Waals surface area contributed by atoms with E-state index in [0.29, 0.717) is 16.7 Å². The van der Waals surface area contributed by atoms with Gasteiger partial charge in [-0.05, 0) is 73.4 Å². The zero-order valence-electron chi connectivity index (χ0n) is 42.1. The molecule has 0 fully saturated rings. The molecule has 1 nitrogen and oxygen atoms in total. The van der Waals surface area contributed by atoms with E-state index in [0.717, 1.165) is 16.3 Å². The van der Waals surface area contributed by atoms with E-state index >= 15 is 0 Å². The van der Waals surface area contributed by atoms with E-state index in [1.165, 1.54) is 0 Å². The molecule has 8 aromatic carbocycles. The van der Waals surface area contributed by atoms with Crippen molar-refractivity contribution < 1.29 is 28.0 Å². The molecule has 226 valence electrons. The molecule has 0 radical (unpaired) electrons. The number of rotatable bonds is 5. The molecular formula is C47H32O. The van der Waals surface area contributed by atoms with Crippen molar-refractivity contribution >= 4 is 10.8 Å². The van der Waals surface area contributed by atoms with E-state index < -0.39 is 142 Å². The molecular weight excluding hydrogens is 581 g/mol. The van der Waals surface area contributed by atoms with Crippen LogP contribution in [-0.4, -0.2) is 0 Å². The van der Waals surface area contributed by atoms with E-state index in [-0.39, 0.29) is 11.1 Å². The fraction of sp³-hybridized carbons (Fsp3) is 0.0213. The van der Waals surface area contributed by atoms with Crippen molar-refractivity contribution in [2.45, 2.75) is 5.41 Å². The minimum Gasteiger partial charge on any atom is -0.457 e. The minimum absolute atomic E-state index is 0.199. The van der Waals surface area contributed by atoms with E-state index in [4.69, 9.17) is 15.7 Å². The maximum atomic E-state index is 10.1. The standard InChI is InChI=1S/C47H32O/c1-4-15-33(16-5-1)35-27-29-41(40-24-14-18-34-17-10-11-23-39(34)40)42(31-35)36-28-30-44-46(32-36)48-45-26-13-12-25-43(45)47(44,37-19-6-2-7-20-37)38-21-8-3-9-22-38/h1-32H/i2D,3D,6D,7D,8D,9D,12D,13D,19D,20D,21D,22D,25D,26D,28D,30D,32D. The molecule has 0 N–H and O–H groups in total. The summed E-state index contributed by atoms with van der Waals surface area (Å²) in [5.74, 6) is -1.43. The molecule has 0 saturated carbocycles. The Morgan fingerprint density at radius 3 is 1.90 bits per heavy atom. The zero-order valence-corrected chi connectivity index (χ0v) is 25.1. The molecule has 1 aliphatic heterocycles. The molecule has 1 aliphatic rings. The lowest BCUT2D eigenvalue weighted by molar-refractivity contribution is 0.435. The highest BCUT2D eigenvalue weighted by molar-refractivity contribution is 6.01. The Morgan fingerprint density at radius 2 is 1.10 bits per heavy atom. The third kappa shape index (κ3) is 4.47. The van der Waals surface area contributed by atoms with E-state index in [9.17, 15) is 12.3 Å². The largest absolute Gasteiger partial charge is 0.457 e. The fourth-order valence-electron chi connectivity index (χ4n) is 6.49. The summed E-state index contributed by atoms with van der Waals surface area (Å²) in [7, 11) is 0. The highest BCUT2D eigenvalue weighted by Gasteiger charge is 2.45. The van der Waals surface area contributed by atoms with Crippen LogP contribution in [0.25, 0.3) is 44.2 Å². The molecule has 0 atom stereocenters. The topological polar surface area (TPSA) is 9.23 Å². The molecule has 0 amide bonds. The van der Waals surface area contributed by atoms with Gasteiger partial charge in [0.05, 0.1) is 28.7 Å². The van der Waals surface area contributed by atoms with Crippen molar-refractivity contribution in [3.05, 3.63) is 216 Å². The maximum absolute atomic E-state index is 10.1. The lowest BCUT2D eigenvalue weighted by Gasteiger charge is -2.41. The second kappa shape index (κ2) is 11.6. The van der Waals surface area contributed by atoms with Crippen LogP contribution in [-0.2, 0) is 5.41 Å². The summed E-state index contributed by atoms with van der Waals surface area (Å²) >= 11 is 0. The van der Waals surface area contributed by atoms with Gasteiger partial charge in [-0.25, -0.2) is 0 Å². The van der Waals surface area contributed by atoms with Crippen molar-refractivity contribution in [3.8, 4) is 44.9 Å².